The van der Waals surface area contributed by atoms with E-state index in [1.54, 1.807) is 6.92 Å². The highest BCUT2D eigenvalue weighted by Gasteiger charge is 2.50. The summed E-state index contributed by atoms with van der Waals surface area (Å²) < 4.78 is 26.7. The lowest BCUT2D eigenvalue weighted by molar-refractivity contribution is -0.355. The number of aliphatic hydroxyl groups excluding tert-OH is 7. The van der Waals surface area contributed by atoms with E-state index in [0.717, 1.165) is 11.1 Å². The number of hydrogen-bond donors (Lipinski definition) is 7. The second-order valence-electron chi connectivity index (χ2n) is 12.8. The molecule has 270 valence electrons. The highest BCUT2D eigenvalue weighted by molar-refractivity contribution is 6.01. The number of allylic oxidation sites excluding steroid dienone is 7. The summed E-state index contributed by atoms with van der Waals surface area (Å²) in [5.41, 5.74) is 1.81. The van der Waals surface area contributed by atoms with E-state index in [1.807, 2.05) is 58.1 Å². The number of esters is 2. The molecular formula is C33H48O15. The van der Waals surface area contributed by atoms with Crippen LogP contribution in [0.2, 0.25) is 0 Å². The largest absolute Gasteiger partial charge is 0.463 e. The third-order valence-electron chi connectivity index (χ3n) is 8.57. The van der Waals surface area contributed by atoms with E-state index >= 15 is 0 Å². The lowest BCUT2D eigenvalue weighted by atomic mass is 9.71. The molecule has 1 aliphatic carbocycles. The number of ketones is 1. The third-order valence-corrected chi connectivity index (χ3v) is 8.57. The molecule has 0 aromatic carbocycles. The van der Waals surface area contributed by atoms with Crippen LogP contribution >= 0.6 is 0 Å². The summed E-state index contributed by atoms with van der Waals surface area (Å²) >= 11 is 0. The summed E-state index contributed by atoms with van der Waals surface area (Å²) in [4.78, 5) is 38.3. The van der Waals surface area contributed by atoms with Crippen molar-refractivity contribution in [1.29, 1.82) is 0 Å². The molecule has 2 heterocycles. The summed E-state index contributed by atoms with van der Waals surface area (Å²) in [5.74, 6) is -2.04. The van der Waals surface area contributed by atoms with Crippen LogP contribution < -0.4 is 0 Å². The molecule has 0 aromatic heterocycles. The first-order chi connectivity index (χ1) is 22.5. The number of aliphatic hydroxyl groups is 7. The van der Waals surface area contributed by atoms with Crippen LogP contribution in [0.5, 0.6) is 0 Å². The molecule has 48 heavy (non-hydrogen) atoms. The van der Waals surface area contributed by atoms with Crippen LogP contribution in [0, 0.1) is 5.41 Å². The molecule has 2 saturated heterocycles. The number of rotatable bonds is 12. The van der Waals surface area contributed by atoms with Crippen LogP contribution in [0.3, 0.4) is 0 Å². The zero-order valence-corrected chi connectivity index (χ0v) is 27.7. The molecule has 0 radical (unpaired) electrons. The monoisotopic (exact) mass is 684 g/mol. The third kappa shape index (κ3) is 9.65. The highest BCUT2D eigenvalue weighted by Crippen LogP contribution is 2.41. The van der Waals surface area contributed by atoms with Crippen LogP contribution in [-0.2, 0) is 38.1 Å². The summed E-state index contributed by atoms with van der Waals surface area (Å²) in [6.45, 7) is 8.01. The Morgan fingerprint density at radius 3 is 2.25 bits per heavy atom. The van der Waals surface area contributed by atoms with Crippen molar-refractivity contribution in [2.45, 2.75) is 121 Å². The Labute approximate surface area is 278 Å². The van der Waals surface area contributed by atoms with Crippen molar-refractivity contribution in [2.24, 2.45) is 5.41 Å². The molecule has 15 nitrogen and oxygen atoms in total. The van der Waals surface area contributed by atoms with Crippen molar-refractivity contribution >= 4 is 17.7 Å². The lowest BCUT2D eigenvalue weighted by Gasteiger charge is -2.45. The van der Waals surface area contributed by atoms with E-state index in [-0.39, 0.29) is 12.2 Å². The van der Waals surface area contributed by atoms with Gasteiger partial charge in [-0.15, -0.1) is 0 Å². The average Bonchev–Trinajstić information content (AvgIpc) is 3.04. The molecule has 7 N–H and O–H groups in total. The Morgan fingerprint density at radius 1 is 0.938 bits per heavy atom. The van der Waals surface area contributed by atoms with Gasteiger partial charge in [0.1, 0.15) is 55.4 Å². The average molecular weight is 685 g/mol. The van der Waals surface area contributed by atoms with Gasteiger partial charge in [-0.05, 0) is 37.3 Å². The summed E-state index contributed by atoms with van der Waals surface area (Å²) in [7, 11) is 0. The summed E-state index contributed by atoms with van der Waals surface area (Å²) in [6, 6.07) is 0. The van der Waals surface area contributed by atoms with Gasteiger partial charge in [0.15, 0.2) is 24.5 Å². The Morgan fingerprint density at radius 2 is 1.60 bits per heavy atom. The fraction of sp³-hybridized carbons (Fsp3) is 0.667. The molecule has 0 saturated carbocycles. The van der Waals surface area contributed by atoms with Gasteiger partial charge in [0, 0.05) is 6.42 Å². The van der Waals surface area contributed by atoms with E-state index in [4.69, 9.17) is 23.7 Å². The van der Waals surface area contributed by atoms with Crippen LogP contribution in [0.25, 0.3) is 0 Å². The number of carbonyl (C=O) groups is 3. The van der Waals surface area contributed by atoms with Gasteiger partial charge in [-0.25, -0.2) is 0 Å². The summed E-state index contributed by atoms with van der Waals surface area (Å²) in [5, 5.41) is 70.4. The minimum absolute atomic E-state index is 0.238. The van der Waals surface area contributed by atoms with Crippen molar-refractivity contribution < 1.29 is 73.8 Å². The Hall–Kier alpha value is -2.83. The second-order valence-corrected chi connectivity index (χ2v) is 12.8. The van der Waals surface area contributed by atoms with Crippen molar-refractivity contribution in [2.75, 3.05) is 13.2 Å². The van der Waals surface area contributed by atoms with Crippen LogP contribution in [-0.4, -0.2) is 134 Å². The molecule has 2 fully saturated rings. The fourth-order valence-electron chi connectivity index (χ4n) is 5.74. The molecule has 0 aromatic rings. The maximum absolute atomic E-state index is 13.1. The minimum atomic E-state index is -1.92. The van der Waals surface area contributed by atoms with Gasteiger partial charge in [-0.1, -0.05) is 49.8 Å². The van der Waals surface area contributed by atoms with Gasteiger partial charge in [0.05, 0.1) is 19.4 Å². The fourth-order valence-corrected chi connectivity index (χ4v) is 5.74. The number of carbonyl (C=O) groups excluding carboxylic acids is 3. The van der Waals surface area contributed by atoms with E-state index in [0.29, 0.717) is 5.57 Å². The van der Waals surface area contributed by atoms with Gasteiger partial charge in [0.25, 0.3) is 0 Å². The van der Waals surface area contributed by atoms with E-state index in [1.165, 1.54) is 0 Å². The van der Waals surface area contributed by atoms with Crippen LogP contribution in [0.4, 0.5) is 0 Å². The molecule has 0 bridgehead atoms. The molecule has 3 aliphatic rings. The quantitative estimate of drug-likeness (QED) is 0.0988. The van der Waals surface area contributed by atoms with Crippen molar-refractivity contribution in [3.8, 4) is 0 Å². The van der Waals surface area contributed by atoms with Gasteiger partial charge in [-0.3, -0.25) is 14.4 Å². The molecule has 11 atom stereocenters. The molecule has 11 unspecified atom stereocenters. The molecule has 3 rings (SSSR count). The van der Waals surface area contributed by atoms with Crippen LogP contribution in [0.1, 0.15) is 53.9 Å². The van der Waals surface area contributed by atoms with Gasteiger partial charge < -0.3 is 59.4 Å². The van der Waals surface area contributed by atoms with E-state index < -0.39 is 111 Å². The molecule has 15 heteroatoms. The summed E-state index contributed by atoms with van der Waals surface area (Å²) in [6.07, 6.45) is -9.23. The van der Waals surface area contributed by atoms with Crippen LogP contribution in [0.15, 0.2) is 47.1 Å². The first kappa shape index (κ1) is 39.6. The Balaban J connectivity index is 1.57. The standard InChI is InChI=1S/C33H48O15/c1-6-7-8-16(2)9-10-18-17(3)24(37)19(13-33(18,4)5)45-23(36)12-11-22(35)44-15-21-30(27(40)28(41)31(43)46-21)48-32-29(42)26(39)25(38)20(14-34)47-32/h6-10,19-21,25-32,34,38-43H,11-15H2,1-5H3. The zero-order valence-electron chi connectivity index (χ0n) is 27.7. The molecule has 2 aliphatic heterocycles. The topological polar surface area (TPSA) is 239 Å². The Bertz CT molecular complexity index is 1270. The SMILES string of the molecule is CC=CC=C(C)C=CC1=C(C)C(=O)C(OC(=O)CCC(=O)OCC2OC(O)C(O)C(O)C2OC2OC(CO)C(O)C(O)C2O)CC1(C)C. The van der Waals surface area contributed by atoms with Gasteiger partial charge in [-0.2, -0.15) is 0 Å². The van der Waals surface area contributed by atoms with Gasteiger partial charge in [0.2, 0.25) is 0 Å². The minimum Gasteiger partial charge on any atom is -0.463 e. The number of ether oxygens (including phenoxy) is 5. The first-order valence-corrected chi connectivity index (χ1v) is 15.8. The smallest absolute Gasteiger partial charge is 0.307 e. The molecule has 0 spiro atoms. The maximum Gasteiger partial charge on any atom is 0.307 e. The first-order valence-electron chi connectivity index (χ1n) is 15.8. The van der Waals surface area contributed by atoms with Crippen molar-refractivity contribution in [1.82, 2.24) is 0 Å². The molecular weight excluding hydrogens is 636 g/mol. The second kappa shape index (κ2) is 17.2. The number of Topliss-reactive ketones (excluding diaryl/α,β-unsaturated/α-hetero) is 1. The van der Waals surface area contributed by atoms with Crippen molar-refractivity contribution in [3.05, 3.63) is 47.1 Å². The lowest BCUT2D eigenvalue weighted by Crippen LogP contribution is -2.64. The predicted molar refractivity (Wildman–Crippen MR) is 165 cm³/mol. The Kier molecular flexibility index (Phi) is 14.2. The zero-order chi connectivity index (χ0) is 35.9. The molecule has 0 amide bonds. The van der Waals surface area contributed by atoms with E-state index in [9.17, 15) is 50.1 Å². The van der Waals surface area contributed by atoms with Gasteiger partial charge >= 0.3 is 11.9 Å². The predicted octanol–water partition coefficient (Wildman–Crippen LogP) is -0.760. The number of hydrogen-bond acceptors (Lipinski definition) is 15. The highest BCUT2D eigenvalue weighted by atomic mass is 16.7. The van der Waals surface area contributed by atoms with Crippen molar-refractivity contribution in [3.63, 3.8) is 0 Å². The normalized spacial score (nSPS) is 36.1. The van der Waals surface area contributed by atoms with E-state index in [2.05, 4.69) is 0 Å². The maximum atomic E-state index is 13.1.